The number of hydrogen-bond acceptors (Lipinski definition) is 4. The molecule has 0 fully saturated rings. The molecule has 0 aliphatic carbocycles. The van der Waals surface area contributed by atoms with Gasteiger partial charge < -0.3 is 14.5 Å². The van der Waals surface area contributed by atoms with Crippen molar-refractivity contribution in [2.75, 3.05) is 0 Å². The molecule has 2 rings (SSSR count). The topological polar surface area (TPSA) is 75.3 Å². The molecule has 6 heteroatoms. The van der Waals surface area contributed by atoms with Crippen LogP contribution in [0.5, 0.6) is 5.75 Å². The molecule has 0 bridgehead atoms. The van der Waals surface area contributed by atoms with Gasteiger partial charge in [-0.05, 0) is 43.7 Å². The van der Waals surface area contributed by atoms with E-state index in [1.54, 1.807) is 18.2 Å². The number of nitrogens with zero attached hydrogens (tertiary/aromatic N) is 1. The summed E-state index contributed by atoms with van der Waals surface area (Å²) < 4.78 is 24.3. The van der Waals surface area contributed by atoms with Gasteiger partial charge in [-0.1, -0.05) is 6.07 Å². The lowest BCUT2D eigenvalue weighted by molar-refractivity contribution is -0.117. The molecule has 0 saturated heterocycles. The molecular weight excluding hydrogens is 311 g/mol. The summed E-state index contributed by atoms with van der Waals surface area (Å²) in [6, 6.07) is 9.56. The highest BCUT2D eigenvalue weighted by Crippen LogP contribution is 2.19. The fourth-order valence-corrected chi connectivity index (χ4v) is 1.95. The van der Waals surface area contributed by atoms with E-state index >= 15 is 0 Å². The van der Waals surface area contributed by atoms with E-state index in [-0.39, 0.29) is 24.0 Å². The van der Waals surface area contributed by atoms with Gasteiger partial charge in [0, 0.05) is 12.6 Å². The molecule has 0 aliphatic heterocycles. The maximum atomic E-state index is 13.9. The first-order valence-corrected chi connectivity index (χ1v) is 7.38. The first kappa shape index (κ1) is 17.3. The van der Waals surface area contributed by atoms with E-state index in [0.717, 1.165) is 0 Å². The van der Waals surface area contributed by atoms with Crippen molar-refractivity contribution in [3.63, 3.8) is 0 Å². The van der Waals surface area contributed by atoms with Gasteiger partial charge in [-0.25, -0.2) is 4.39 Å². The molecule has 0 unspecified atom stereocenters. The molecule has 1 aromatic heterocycles. The molecule has 0 saturated carbocycles. The Morgan fingerprint density at radius 1 is 1.46 bits per heavy atom. The highest BCUT2D eigenvalue weighted by atomic mass is 19.1. The number of nitriles is 1. The van der Waals surface area contributed by atoms with E-state index in [4.69, 9.17) is 14.4 Å². The number of rotatable bonds is 6. The number of ether oxygens (including phenoxy) is 1. The third-order valence-corrected chi connectivity index (χ3v) is 3.01. The molecule has 124 valence electrons. The van der Waals surface area contributed by atoms with Crippen LogP contribution in [0.1, 0.15) is 25.2 Å². The number of amides is 1. The van der Waals surface area contributed by atoms with Crippen LogP contribution in [0.25, 0.3) is 6.08 Å². The van der Waals surface area contributed by atoms with Crippen molar-refractivity contribution < 1.29 is 18.3 Å². The molecule has 2 aromatic rings. The van der Waals surface area contributed by atoms with Crippen molar-refractivity contribution >= 4 is 12.0 Å². The van der Waals surface area contributed by atoms with Crippen molar-refractivity contribution in [1.29, 1.82) is 5.26 Å². The average molecular weight is 328 g/mol. The smallest absolute Gasteiger partial charge is 0.262 e. The Morgan fingerprint density at radius 2 is 2.25 bits per heavy atom. The molecular formula is C18H17FN2O3. The Balaban J connectivity index is 2.01. The molecule has 5 nitrogen and oxygen atoms in total. The lowest BCUT2D eigenvalue weighted by Crippen LogP contribution is -2.24. The minimum absolute atomic E-state index is 0.0921. The van der Waals surface area contributed by atoms with Crippen LogP contribution in [-0.2, 0) is 11.3 Å². The zero-order valence-corrected chi connectivity index (χ0v) is 13.4. The molecule has 0 radical (unpaired) electrons. The minimum atomic E-state index is -0.559. The summed E-state index contributed by atoms with van der Waals surface area (Å²) >= 11 is 0. The Morgan fingerprint density at radius 3 is 2.83 bits per heavy atom. The van der Waals surface area contributed by atoms with Gasteiger partial charge in [0.1, 0.15) is 17.4 Å². The lowest BCUT2D eigenvalue weighted by atomic mass is 10.2. The molecule has 1 heterocycles. The summed E-state index contributed by atoms with van der Waals surface area (Å²) in [6.07, 6.45) is 2.66. The molecule has 0 atom stereocenters. The first-order chi connectivity index (χ1) is 11.5. The Hall–Kier alpha value is -3.07. The van der Waals surface area contributed by atoms with Crippen LogP contribution in [0.2, 0.25) is 0 Å². The monoisotopic (exact) mass is 328 g/mol. The van der Waals surface area contributed by atoms with E-state index in [1.165, 1.54) is 24.5 Å². The van der Waals surface area contributed by atoms with E-state index in [2.05, 4.69) is 5.32 Å². The van der Waals surface area contributed by atoms with Gasteiger partial charge in [0.15, 0.2) is 11.6 Å². The first-order valence-electron chi connectivity index (χ1n) is 7.38. The van der Waals surface area contributed by atoms with Crippen molar-refractivity contribution in [2.45, 2.75) is 26.5 Å². The second-order valence-electron chi connectivity index (χ2n) is 5.30. The second kappa shape index (κ2) is 7.97. The van der Waals surface area contributed by atoms with Crippen molar-refractivity contribution in [1.82, 2.24) is 5.32 Å². The van der Waals surface area contributed by atoms with Gasteiger partial charge in [-0.15, -0.1) is 0 Å². The van der Waals surface area contributed by atoms with Crippen LogP contribution >= 0.6 is 0 Å². The zero-order valence-electron chi connectivity index (χ0n) is 13.4. The summed E-state index contributed by atoms with van der Waals surface area (Å²) in [5.74, 6) is -0.489. The maximum Gasteiger partial charge on any atom is 0.262 e. The van der Waals surface area contributed by atoms with Crippen molar-refractivity contribution in [3.8, 4) is 11.8 Å². The number of halogens is 1. The minimum Gasteiger partial charge on any atom is -0.488 e. The number of benzene rings is 1. The van der Waals surface area contributed by atoms with Crippen LogP contribution in [0.3, 0.4) is 0 Å². The molecule has 1 N–H and O–H groups in total. The largest absolute Gasteiger partial charge is 0.488 e. The van der Waals surface area contributed by atoms with E-state index < -0.39 is 11.7 Å². The van der Waals surface area contributed by atoms with E-state index in [0.29, 0.717) is 11.3 Å². The van der Waals surface area contributed by atoms with E-state index in [1.807, 2.05) is 19.9 Å². The number of carbonyl (C=O) groups excluding carboxylic acids is 1. The van der Waals surface area contributed by atoms with Crippen LogP contribution < -0.4 is 10.1 Å². The summed E-state index contributed by atoms with van der Waals surface area (Å²) in [4.78, 5) is 12.0. The molecule has 24 heavy (non-hydrogen) atoms. The van der Waals surface area contributed by atoms with Gasteiger partial charge >= 0.3 is 0 Å². The van der Waals surface area contributed by atoms with Crippen LogP contribution in [0, 0.1) is 17.1 Å². The predicted octanol–water partition coefficient (Wildman–Crippen LogP) is 3.43. The lowest BCUT2D eigenvalue weighted by Gasteiger charge is -2.11. The molecule has 0 spiro atoms. The second-order valence-corrected chi connectivity index (χ2v) is 5.30. The maximum absolute atomic E-state index is 13.9. The molecule has 1 aromatic carbocycles. The standard InChI is InChI=1S/C18H17FN2O3/c1-12(2)24-17-6-5-13(8-16(17)19)11-21-18(22)14(10-20)9-15-4-3-7-23-15/h3-9,12H,11H2,1-2H3,(H,21,22). The number of furan rings is 1. The number of carbonyl (C=O) groups is 1. The van der Waals surface area contributed by atoms with Crippen molar-refractivity contribution in [3.05, 3.63) is 59.3 Å². The van der Waals surface area contributed by atoms with Crippen LogP contribution in [-0.4, -0.2) is 12.0 Å². The molecule has 1 amide bonds. The van der Waals surface area contributed by atoms with Gasteiger partial charge in [-0.3, -0.25) is 4.79 Å². The third-order valence-electron chi connectivity index (χ3n) is 3.01. The summed E-state index contributed by atoms with van der Waals surface area (Å²) in [5.41, 5.74) is 0.470. The Bertz CT molecular complexity index is 774. The molecule has 0 aliphatic rings. The van der Waals surface area contributed by atoms with Gasteiger partial charge in [0.25, 0.3) is 5.91 Å². The summed E-state index contributed by atoms with van der Waals surface area (Å²) in [7, 11) is 0. The van der Waals surface area contributed by atoms with Crippen molar-refractivity contribution in [2.24, 2.45) is 0 Å². The number of nitrogens with one attached hydrogen (secondary N) is 1. The Labute approximate surface area is 139 Å². The summed E-state index contributed by atoms with van der Waals surface area (Å²) in [6.45, 7) is 3.71. The average Bonchev–Trinajstić information content (AvgIpc) is 3.05. The quantitative estimate of drug-likeness (QED) is 0.651. The number of hydrogen-bond donors (Lipinski definition) is 1. The van der Waals surface area contributed by atoms with Crippen LogP contribution in [0.15, 0.2) is 46.6 Å². The van der Waals surface area contributed by atoms with Gasteiger partial charge in [0.2, 0.25) is 0 Å². The summed E-state index contributed by atoms with van der Waals surface area (Å²) in [5, 5.41) is 11.6. The SMILES string of the molecule is CC(C)Oc1ccc(CNC(=O)C(C#N)=Cc2ccco2)cc1F. The van der Waals surface area contributed by atoms with Gasteiger partial charge in [0.05, 0.1) is 12.4 Å². The normalized spacial score (nSPS) is 11.2. The zero-order chi connectivity index (χ0) is 17.5. The fourth-order valence-electron chi connectivity index (χ4n) is 1.95. The highest BCUT2D eigenvalue weighted by Gasteiger charge is 2.11. The van der Waals surface area contributed by atoms with Gasteiger partial charge in [-0.2, -0.15) is 5.26 Å². The highest BCUT2D eigenvalue weighted by molar-refractivity contribution is 6.01. The Kier molecular flexibility index (Phi) is 5.74. The van der Waals surface area contributed by atoms with E-state index in [9.17, 15) is 9.18 Å². The predicted molar refractivity (Wildman–Crippen MR) is 86.3 cm³/mol. The third kappa shape index (κ3) is 4.71. The fraction of sp³-hybridized carbons (Fsp3) is 0.222. The van der Waals surface area contributed by atoms with Crippen LogP contribution in [0.4, 0.5) is 4.39 Å².